The highest BCUT2D eigenvalue weighted by molar-refractivity contribution is 5.30. The summed E-state index contributed by atoms with van der Waals surface area (Å²) in [7, 11) is 0. The van der Waals surface area contributed by atoms with Crippen molar-refractivity contribution in [3.63, 3.8) is 0 Å². The molecule has 0 unspecified atom stereocenters. The lowest BCUT2D eigenvalue weighted by Crippen LogP contribution is -2.07. The molecule has 0 bridgehead atoms. The third kappa shape index (κ3) is 1.42. The van der Waals surface area contributed by atoms with Crippen LogP contribution in [0.4, 0.5) is 0 Å². The zero-order valence-corrected chi connectivity index (χ0v) is 6.07. The van der Waals surface area contributed by atoms with Crippen LogP contribution in [-0.2, 0) is 0 Å². The fourth-order valence-corrected chi connectivity index (χ4v) is 1.05. The maximum absolute atomic E-state index is 3.28. The Hall–Kier alpha value is -0.560. The van der Waals surface area contributed by atoms with Crippen molar-refractivity contribution in [2.75, 3.05) is 13.1 Å². The first kappa shape index (κ1) is 6.56. The van der Waals surface area contributed by atoms with Crippen LogP contribution in [0.5, 0.6) is 0 Å². The van der Waals surface area contributed by atoms with Gasteiger partial charge in [-0.15, -0.1) is 0 Å². The van der Waals surface area contributed by atoms with Gasteiger partial charge >= 0.3 is 0 Å². The van der Waals surface area contributed by atoms with Gasteiger partial charge in [0.2, 0.25) is 0 Å². The summed E-state index contributed by atoms with van der Waals surface area (Å²) in [6.45, 7) is 6.35. The van der Waals surface area contributed by atoms with Crippen LogP contribution in [0.2, 0.25) is 0 Å². The van der Waals surface area contributed by atoms with E-state index >= 15 is 0 Å². The Kier molecular flexibility index (Phi) is 2.06. The highest BCUT2D eigenvalue weighted by Crippen LogP contribution is 2.08. The zero-order chi connectivity index (χ0) is 6.69. The van der Waals surface area contributed by atoms with Gasteiger partial charge < -0.3 is 5.32 Å². The Labute approximate surface area is 56.5 Å². The fourth-order valence-electron chi connectivity index (χ4n) is 1.05. The largest absolute Gasteiger partial charge is 0.309 e. The smallest absolute Gasteiger partial charge is 0.0208 e. The first-order chi connectivity index (χ1) is 4.34. The van der Waals surface area contributed by atoms with E-state index in [1.54, 1.807) is 0 Å². The summed E-state index contributed by atoms with van der Waals surface area (Å²) >= 11 is 0. The van der Waals surface area contributed by atoms with Crippen molar-refractivity contribution < 1.29 is 0 Å². The van der Waals surface area contributed by atoms with E-state index in [0.29, 0.717) is 0 Å². The lowest BCUT2D eigenvalue weighted by molar-refractivity contribution is 0.868. The summed E-state index contributed by atoms with van der Waals surface area (Å²) < 4.78 is 0. The van der Waals surface area contributed by atoms with Gasteiger partial charge in [0.05, 0.1) is 0 Å². The monoisotopic (exact) mass is 123 g/mol. The molecule has 9 heavy (non-hydrogen) atoms. The SMILES string of the molecule is C/C=C\C1=C(C)CNC1. The van der Waals surface area contributed by atoms with Gasteiger partial charge in [-0.2, -0.15) is 0 Å². The first-order valence-corrected chi connectivity index (χ1v) is 3.36. The Bertz CT molecular complexity index is 154. The van der Waals surface area contributed by atoms with Gasteiger partial charge in [0.15, 0.2) is 0 Å². The number of allylic oxidation sites excluding steroid dienone is 1. The molecule has 0 amide bonds. The molecule has 0 atom stereocenters. The van der Waals surface area contributed by atoms with Crippen molar-refractivity contribution in [1.29, 1.82) is 0 Å². The number of hydrogen-bond donors (Lipinski definition) is 1. The summed E-state index contributed by atoms with van der Waals surface area (Å²) in [4.78, 5) is 0. The zero-order valence-electron chi connectivity index (χ0n) is 6.07. The molecule has 0 radical (unpaired) electrons. The third-order valence-electron chi connectivity index (χ3n) is 1.62. The van der Waals surface area contributed by atoms with Crippen LogP contribution in [-0.4, -0.2) is 13.1 Å². The number of rotatable bonds is 1. The molecular formula is C8H13N. The predicted octanol–water partition coefficient (Wildman–Crippen LogP) is 1.48. The standard InChI is InChI=1S/C8H13N/c1-3-4-8-6-9-5-7(8)2/h3-4,9H,5-6H2,1-2H3/b4-3-. The summed E-state index contributed by atoms with van der Waals surface area (Å²) in [5.41, 5.74) is 2.94. The minimum Gasteiger partial charge on any atom is -0.309 e. The third-order valence-corrected chi connectivity index (χ3v) is 1.62. The summed E-state index contributed by atoms with van der Waals surface area (Å²) in [5.74, 6) is 0. The van der Waals surface area contributed by atoms with Gasteiger partial charge in [-0.3, -0.25) is 0 Å². The van der Waals surface area contributed by atoms with Gasteiger partial charge in [0.25, 0.3) is 0 Å². The van der Waals surface area contributed by atoms with Crippen LogP contribution in [0.3, 0.4) is 0 Å². The van der Waals surface area contributed by atoms with Crippen molar-refractivity contribution in [1.82, 2.24) is 5.32 Å². The van der Waals surface area contributed by atoms with Crippen molar-refractivity contribution in [3.8, 4) is 0 Å². The lowest BCUT2D eigenvalue weighted by atomic mass is 10.2. The molecule has 0 aliphatic carbocycles. The van der Waals surface area contributed by atoms with E-state index in [1.165, 1.54) is 11.1 Å². The average molecular weight is 123 g/mol. The van der Waals surface area contributed by atoms with Gasteiger partial charge in [0.1, 0.15) is 0 Å². The normalized spacial score (nSPS) is 20.2. The van der Waals surface area contributed by atoms with E-state index < -0.39 is 0 Å². The maximum Gasteiger partial charge on any atom is 0.0208 e. The van der Waals surface area contributed by atoms with Crippen LogP contribution >= 0.6 is 0 Å². The molecule has 0 aromatic heterocycles. The Morgan fingerprint density at radius 3 is 2.67 bits per heavy atom. The molecule has 1 rings (SSSR count). The molecule has 0 saturated heterocycles. The number of hydrogen-bond acceptors (Lipinski definition) is 1. The van der Waals surface area contributed by atoms with Crippen LogP contribution in [0.25, 0.3) is 0 Å². The highest BCUT2D eigenvalue weighted by Gasteiger charge is 2.04. The van der Waals surface area contributed by atoms with E-state index in [-0.39, 0.29) is 0 Å². The van der Waals surface area contributed by atoms with E-state index in [9.17, 15) is 0 Å². The molecule has 1 heterocycles. The molecular weight excluding hydrogens is 110 g/mol. The summed E-state index contributed by atoms with van der Waals surface area (Å²) in [6.07, 6.45) is 4.27. The second-order valence-electron chi connectivity index (χ2n) is 2.41. The van der Waals surface area contributed by atoms with Gasteiger partial charge in [0, 0.05) is 13.1 Å². The van der Waals surface area contributed by atoms with Crippen LogP contribution < -0.4 is 5.32 Å². The molecule has 0 saturated carbocycles. The molecule has 50 valence electrons. The molecule has 1 aliphatic rings. The molecule has 1 aliphatic heterocycles. The molecule has 0 fully saturated rings. The Balaban J connectivity index is 2.66. The molecule has 1 heteroatoms. The van der Waals surface area contributed by atoms with Crippen molar-refractivity contribution >= 4 is 0 Å². The molecule has 1 N–H and O–H groups in total. The molecule has 0 aromatic rings. The predicted molar refractivity (Wildman–Crippen MR) is 40.4 cm³/mol. The lowest BCUT2D eigenvalue weighted by Gasteiger charge is -1.90. The highest BCUT2D eigenvalue weighted by atomic mass is 14.9. The van der Waals surface area contributed by atoms with Gasteiger partial charge in [-0.1, -0.05) is 17.7 Å². The maximum atomic E-state index is 3.28. The topological polar surface area (TPSA) is 12.0 Å². The van der Waals surface area contributed by atoms with E-state index in [1.807, 2.05) is 0 Å². The molecule has 0 aromatic carbocycles. The van der Waals surface area contributed by atoms with Gasteiger partial charge in [-0.25, -0.2) is 0 Å². The van der Waals surface area contributed by atoms with Gasteiger partial charge in [-0.05, 0) is 19.4 Å². The van der Waals surface area contributed by atoms with Crippen molar-refractivity contribution in [2.45, 2.75) is 13.8 Å². The van der Waals surface area contributed by atoms with Crippen molar-refractivity contribution in [3.05, 3.63) is 23.3 Å². The first-order valence-electron chi connectivity index (χ1n) is 3.36. The summed E-state index contributed by atoms with van der Waals surface area (Å²) in [5, 5.41) is 3.28. The molecule has 1 nitrogen and oxygen atoms in total. The second-order valence-corrected chi connectivity index (χ2v) is 2.41. The average Bonchev–Trinajstić information content (AvgIpc) is 2.18. The van der Waals surface area contributed by atoms with Crippen LogP contribution in [0, 0.1) is 0 Å². The van der Waals surface area contributed by atoms with Crippen LogP contribution in [0.1, 0.15) is 13.8 Å². The van der Waals surface area contributed by atoms with Crippen molar-refractivity contribution in [2.24, 2.45) is 0 Å². The quantitative estimate of drug-likeness (QED) is 0.557. The van der Waals surface area contributed by atoms with E-state index in [4.69, 9.17) is 0 Å². The number of nitrogens with one attached hydrogen (secondary N) is 1. The van der Waals surface area contributed by atoms with Crippen LogP contribution in [0.15, 0.2) is 23.3 Å². The Morgan fingerprint density at radius 1 is 1.44 bits per heavy atom. The second kappa shape index (κ2) is 2.83. The molecule has 0 spiro atoms. The summed E-state index contributed by atoms with van der Waals surface area (Å²) in [6, 6.07) is 0. The Morgan fingerprint density at radius 2 is 2.22 bits per heavy atom. The fraction of sp³-hybridized carbons (Fsp3) is 0.500. The van der Waals surface area contributed by atoms with E-state index in [2.05, 4.69) is 31.3 Å². The van der Waals surface area contributed by atoms with E-state index in [0.717, 1.165) is 13.1 Å². The minimum absolute atomic E-state index is 1.05. The minimum atomic E-state index is 1.05.